The van der Waals surface area contributed by atoms with Gasteiger partial charge in [-0.1, -0.05) is 6.07 Å². The minimum absolute atomic E-state index is 0.510. The van der Waals surface area contributed by atoms with Gasteiger partial charge in [-0.3, -0.25) is 4.40 Å². The maximum absolute atomic E-state index is 5.87. The maximum atomic E-state index is 5.87. The van der Waals surface area contributed by atoms with Crippen LogP contribution in [0.25, 0.3) is 4.96 Å². The summed E-state index contributed by atoms with van der Waals surface area (Å²) in [6.07, 6.45) is 3.08. The first-order valence-electron chi connectivity index (χ1n) is 6.17. The van der Waals surface area contributed by atoms with Gasteiger partial charge in [0.15, 0.2) is 10.8 Å². The van der Waals surface area contributed by atoms with Crippen LogP contribution in [0.5, 0.6) is 0 Å². The van der Waals surface area contributed by atoms with Crippen molar-refractivity contribution in [3.8, 4) is 0 Å². The molecule has 0 aromatic carbocycles. The highest BCUT2D eigenvalue weighted by molar-refractivity contribution is 7.15. The van der Waals surface area contributed by atoms with Crippen molar-refractivity contribution in [2.75, 3.05) is 18.5 Å². The third-order valence-corrected chi connectivity index (χ3v) is 4.86. The van der Waals surface area contributed by atoms with Crippen molar-refractivity contribution >= 4 is 33.5 Å². The van der Waals surface area contributed by atoms with Crippen molar-refractivity contribution in [1.82, 2.24) is 9.38 Å². The summed E-state index contributed by atoms with van der Waals surface area (Å²) in [5.41, 5.74) is 6.96. The molecule has 3 aromatic heterocycles. The van der Waals surface area contributed by atoms with E-state index in [1.54, 1.807) is 22.7 Å². The van der Waals surface area contributed by atoms with Crippen molar-refractivity contribution in [2.45, 2.75) is 13.0 Å². The molecule has 0 aliphatic rings. The van der Waals surface area contributed by atoms with E-state index in [1.165, 1.54) is 4.88 Å². The lowest BCUT2D eigenvalue weighted by Crippen LogP contribution is -2.22. The third-order valence-electron chi connectivity index (χ3n) is 3.17. The first-order valence-corrected chi connectivity index (χ1v) is 7.93. The Morgan fingerprint density at radius 1 is 1.37 bits per heavy atom. The third kappa shape index (κ3) is 2.39. The minimum atomic E-state index is 0.510. The first-order chi connectivity index (χ1) is 9.29. The molecule has 2 N–H and O–H groups in total. The van der Waals surface area contributed by atoms with Crippen molar-refractivity contribution in [1.29, 1.82) is 0 Å². The molecule has 0 aliphatic heterocycles. The zero-order valence-electron chi connectivity index (χ0n) is 10.7. The number of fused-ring (bicyclic) bond motifs is 1. The molecule has 0 aliphatic carbocycles. The molecule has 3 aromatic rings. The van der Waals surface area contributed by atoms with Gasteiger partial charge in [-0.15, -0.1) is 22.7 Å². The Morgan fingerprint density at radius 2 is 2.26 bits per heavy atom. The molecule has 0 saturated heterocycles. The fourth-order valence-electron chi connectivity index (χ4n) is 2.16. The second kappa shape index (κ2) is 5.32. The standard InChI is InChI=1S/C13H16N4S2/c1-16(5-4-10-3-2-7-18-10)12-11(9-14)17-6-8-19-13(17)15-12/h2-3,6-8H,4-5,9,14H2,1H3. The second-order valence-electron chi connectivity index (χ2n) is 4.39. The number of rotatable bonds is 5. The minimum Gasteiger partial charge on any atom is -0.358 e. The number of thiophene rings is 1. The molecule has 19 heavy (non-hydrogen) atoms. The van der Waals surface area contributed by atoms with Gasteiger partial charge in [0, 0.05) is 36.6 Å². The Labute approximate surface area is 120 Å². The van der Waals surface area contributed by atoms with Crippen molar-refractivity contribution in [2.24, 2.45) is 5.73 Å². The largest absolute Gasteiger partial charge is 0.358 e. The van der Waals surface area contributed by atoms with Gasteiger partial charge in [0.25, 0.3) is 0 Å². The molecule has 0 amide bonds. The van der Waals surface area contributed by atoms with Gasteiger partial charge in [-0.25, -0.2) is 4.98 Å². The molecule has 0 fully saturated rings. The predicted molar refractivity (Wildman–Crippen MR) is 82.3 cm³/mol. The number of likely N-dealkylation sites (N-methyl/N-ethyl adjacent to an activating group) is 1. The fraction of sp³-hybridized carbons (Fsp3) is 0.308. The molecule has 3 rings (SSSR count). The van der Waals surface area contributed by atoms with Crippen LogP contribution in [0.1, 0.15) is 10.6 Å². The van der Waals surface area contributed by atoms with Crippen LogP contribution in [0.2, 0.25) is 0 Å². The Kier molecular flexibility index (Phi) is 3.54. The monoisotopic (exact) mass is 292 g/mol. The molecule has 3 heterocycles. The van der Waals surface area contributed by atoms with E-state index in [0.717, 1.165) is 29.4 Å². The Balaban J connectivity index is 1.80. The van der Waals surface area contributed by atoms with E-state index in [0.29, 0.717) is 6.54 Å². The van der Waals surface area contributed by atoms with Crippen LogP contribution >= 0.6 is 22.7 Å². The van der Waals surface area contributed by atoms with Crippen LogP contribution < -0.4 is 10.6 Å². The molecule has 0 spiro atoms. The van der Waals surface area contributed by atoms with E-state index in [1.807, 2.05) is 11.6 Å². The predicted octanol–water partition coefficient (Wildman–Crippen LogP) is 2.59. The number of nitrogens with zero attached hydrogens (tertiary/aromatic N) is 3. The average molecular weight is 292 g/mol. The number of aromatic nitrogens is 2. The normalized spacial score (nSPS) is 11.3. The van der Waals surface area contributed by atoms with Gasteiger partial charge >= 0.3 is 0 Å². The summed E-state index contributed by atoms with van der Waals surface area (Å²) >= 11 is 3.44. The smallest absolute Gasteiger partial charge is 0.195 e. The van der Waals surface area contributed by atoms with Gasteiger partial charge in [-0.05, 0) is 17.9 Å². The fourth-order valence-corrected chi connectivity index (χ4v) is 3.58. The molecule has 6 heteroatoms. The van der Waals surface area contributed by atoms with Gasteiger partial charge in [0.2, 0.25) is 0 Å². The highest BCUT2D eigenvalue weighted by Crippen LogP contribution is 2.24. The summed E-state index contributed by atoms with van der Waals surface area (Å²) in [6, 6.07) is 4.27. The zero-order valence-corrected chi connectivity index (χ0v) is 12.4. The summed E-state index contributed by atoms with van der Waals surface area (Å²) in [5, 5.41) is 4.16. The number of nitrogens with two attached hydrogens (primary N) is 1. The van der Waals surface area contributed by atoms with E-state index in [2.05, 4.69) is 38.8 Å². The highest BCUT2D eigenvalue weighted by Gasteiger charge is 2.15. The zero-order chi connectivity index (χ0) is 13.2. The van der Waals surface area contributed by atoms with Gasteiger partial charge in [-0.2, -0.15) is 0 Å². The first kappa shape index (κ1) is 12.7. The average Bonchev–Trinajstić information content (AvgIpc) is 3.11. The van der Waals surface area contributed by atoms with Crippen LogP contribution in [0.3, 0.4) is 0 Å². The number of thiazole rings is 1. The lowest BCUT2D eigenvalue weighted by Gasteiger charge is -2.17. The highest BCUT2D eigenvalue weighted by atomic mass is 32.1. The van der Waals surface area contributed by atoms with Gasteiger partial charge in [0.05, 0.1) is 5.69 Å². The lowest BCUT2D eigenvalue weighted by molar-refractivity contribution is 0.853. The molecule has 100 valence electrons. The maximum Gasteiger partial charge on any atom is 0.195 e. The molecule has 0 radical (unpaired) electrons. The van der Waals surface area contributed by atoms with E-state index in [-0.39, 0.29) is 0 Å². The SMILES string of the molecule is CN(CCc1cccs1)c1nc2sccn2c1CN. The second-order valence-corrected chi connectivity index (χ2v) is 6.30. The van der Waals surface area contributed by atoms with Crippen molar-refractivity contribution in [3.05, 3.63) is 39.7 Å². The van der Waals surface area contributed by atoms with Gasteiger partial charge in [0.1, 0.15) is 0 Å². The Hall–Kier alpha value is -1.37. The van der Waals surface area contributed by atoms with Crippen molar-refractivity contribution < 1.29 is 0 Å². The van der Waals surface area contributed by atoms with E-state index >= 15 is 0 Å². The van der Waals surface area contributed by atoms with Gasteiger partial charge < -0.3 is 10.6 Å². The molecule has 4 nitrogen and oxygen atoms in total. The molecule has 0 saturated carbocycles. The number of hydrogen-bond donors (Lipinski definition) is 1. The molecular weight excluding hydrogens is 276 g/mol. The summed E-state index contributed by atoms with van der Waals surface area (Å²) in [4.78, 5) is 9.29. The summed E-state index contributed by atoms with van der Waals surface area (Å²) in [6.45, 7) is 1.47. The number of hydrogen-bond acceptors (Lipinski definition) is 5. The van der Waals surface area contributed by atoms with Crippen LogP contribution in [0.4, 0.5) is 5.82 Å². The molecule has 0 atom stereocenters. The molecule has 0 bridgehead atoms. The number of anilines is 1. The molecule has 0 unspecified atom stereocenters. The topological polar surface area (TPSA) is 46.6 Å². The number of imidazole rings is 1. The Bertz CT molecular complexity index is 653. The van der Waals surface area contributed by atoms with E-state index in [4.69, 9.17) is 5.73 Å². The van der Waals surface area contributed by atoms with Crippen LogP contribution in [0, 0.1) is 0 Å². The lowest BCUT2D eigenvalue weighted by atomic mass is 10.3. The quantitative estimate of drug-likeness (QED) is 0.786. The summed E-state index contributed by atoms with van der Waals surface area (Å²) in [5.74, 6) is 1.01. The van der Waals surface area contributed by atoms with Crippen LogP contribution in [0.15, 0.2) is 29.1 Å². The van der Waals surface area contributed by atoms with E-state index < -0.39 is 0 Å². The Morgan fingerprint density at radius 3 is 3.00 bits per heavy atom. The summed E-state index contributed by atoms with van der Waals surface area (Å²) < 4.78 is 2.08. The van der Waals surface area contributed by atoms with Crippen molar-refractivity contribution in [3.63, 3.8) is 0 Å². The van der Waals surface area contributed by atoms with Crippen LogP contribution in [-0.2, 0) is 13.0 Å². The van der Waals surface area contributed by atoms with Crippen LogP contribution in [-0.4, -0.2) is 23.0 Å². The van der Waals surface area contributed by atoms with E-state index in [9.17, 15) is 0 Å². The molecular formula is C13H16N4S2. The summed E-state index contributed by atoms with van der Waals surface area (Å²) in [7, 11) is 2.08.